The summed E-state index contributed by atoms with van der Waals surface area (Å²) in [4.78, 5) is 13.6. The highest BCUT2D eigenvalue weighted by molar-refractivity contribution is 7.19. The number of anilines is 1. The van der Waals surface area contributed by atoms with Crippen LogP contribution in [0.15, 0.2) is 0 Å². The van der Waals surface area contributed by atoms with Gasteiger partial charge in [-0.1, -0.05) is 0 Å². The van der Waals surface area contributed by atoms with E-state index in [1.54, 1.807) is 11.3 Å². The zero-order valence-corrected chi connectivity index (χ0v) is 13.8. The zero-order chi connectivity index (χ0) is 16.0. The van der Waals surface area contributed by atoms with Crippen molar-refractivity contribution in [2.45, 2.75) is 50.9 Å². The van der Waals surface area contributed by atoms with Gasteiger partial charge in [0.1, 0.15) is 16.5 Å². The molecule has 1 aliphatic heterocycles. The minimum Gasteiger partial charge on any atom is -0.392 e. The Balaban J connectivity index is 1.63. The number of aryl methyl sites for hydroxylation is 2. The first kappa shape index (κ1) is 15.3. The van der Waals surface area contributed by atoms with Gasteiger partial charge in [-0.05, 0) is 31.2 Å². The molecule has 4 N–H and O–H groups in total. The number of hydrogen-bond donors (Lipinski definition) is 3. The Hall–Kier alpha value is -1.28. The lowest BCUT2D eigenvalue weighted by molar-refractivity contribution is -0.0118. The molecule has 2 aromatic heterocycles. The van der Waals surface area contributed by atoms with Crippen LogP contribution in [-0.4, -0.2) is 50.4 Å². The number of nitrogen functional groups attached to an aromatic ring is 1. The summed E-state index contributed by atoms with van der Waals surface area (Å²) in [6.45, 7) is 1.59. The van der Waals surface area contributed by atoms with Crippen molar-refractivity contribution in [3.8, 4) is 0 Å². The van der Waals surface area contributed by atoms with E-state index in [1.165, 1.54) is 23.3 Å². The average molecular weight is 334 g/mol. The van der Waals surface area contributed by atoms with Crippen molar-refractivity contribution in [1.82, 2.24) is 14.9 Å². The number of nitrogens with zero attached hydrogens (tertiary/aromatic N) is 3. The Kier molecular flexibility index (Phi) is 3.96. The summed E-state index contributed by atoms with van der Waals surface area (Å²) in [5, 5.41) is 20.6. The van der Waals surface area contributed by atoms with Gasteiger partial charge < -0.3 is 15.9 Å². The molecule has 1 fully saturated rings. The Morgan fingerprint density at radius 1 is 1.13 bits per heavy atom. The summed E-state index contributed by atoms with van der Waals surface area (Å²) >= 11 is 1.74. The molecule has 2 aliphatic rings. The third-order valence-electron chi connectivity index (χ3n) is 4.74. The summed E-state index contributed by atoms with van der Waals surface area (Å²) < 4.78 is 0. The minimum atomic E-state index is -0.492. The Morgan fingerprint density at radius 2 is 1.87 bits per heavy atom. The van der Waals surface area contributed by atoms with Crippen LogP contribution in [-0.2, 0) is 19.4 Å². The molecule has 3 heterocycles. The number of aliphatic hydroxyl groups excluding tert-OH is 2. The van der Waals surface area contributed by atoms with Crippen LogP contribution in [0.4, 0.5) is 5.82 Å². The van der Waals surface area contributed by atoms with Crippen LogP contribution >= 0.6 is 11.3 Å². The molecule has 2 atom stereocenters. The maximum absolute atomic E-state index is 9.80. The third kappa shape index (κ3) is 2.94. The van der Waals surface area contributed by atoms with Crippen molar-refractivity contribution >= 4 is 27.4 Å². The lowest BCUT2D eigenvalue weighted by Gasteiger charge is -2.32. The topological polar surface area (TPSA) is 95.5 Å². The molecule has 0 saturated carbocycles. The molecule has 6 nitrogen and oxygen atoms in total. The van der Waals surface area contributed by atoms with Crippen LogP contribution in [0.3, 0.4) is 0 Å². The highest BCUT2D eigenvalue weighted by Gasteiger charge is 2.26. The quantitative estimate of drug-likeness (QED) is 0.761. The summed E-state index contributed by atoms with van der Waals surface area (Å²) in [7, 11) is 0. The van der Waals surface area contributed by atoms with Gasteiger partial charge in [-0.3, -0.25) is 4.90 Å². The molecule has 4 rings (SSSR count). The van der Waals surface area contributed by atoms with Gasteiger partial charge in [0, 0.05) is 24.4 Å². The molecule has 0 spiro atoms. The number of fused-ring (bicyclic) bond motifs is 3. The maximum atomic E-state index is 9.80. The molecular formula is C16H22N4O2S. The summed E-state index contributed by atoms with van der Waals surface area (Å²) in [6, 6.07) is 0. The second-order valence-electron chi connectivity index (χ2n) is 6.65. The predicted octanol–water partition coefficient (Wildman–Crippen LogP) is 1.08. The standard InChI is InChI=1S/C16H22N4O2S/c17-15-14-11-3-1-2-4-12(11)23-16(14)19-13(18-15)8-20-6-9(21)5-10(22)7-20/h9-10,21-22H,1-8H2,(H2,17,18,19)/t9-,10-/m1/s1. The number of rotatable bonds is 2. The van der Waals surface area contributed by atoms with E-state index in [0.29, 0.717) is 37.7 Å². The van der Waals surface area contributed by atoms with Gasteiger partial charge in [-0.25, -0.2) is 9.97 Å². The van der Waals surface area contributed by atoms with Gasteiger partial charge in [0.15, 0.2) is 0 Å². The second-order valence-corrected chi connectivity index (χ2v) is 7.74. The average Bonchev–Trinajstić information content (AvgIpc) is 2.84. The van der Waals surface area contributed by atoms with Gasteiger partial charge in [-0.2, -0.15) is 0 Å². The van der Waals surface area contributed by atoms with Crippen molar-refractivity contribution in [2.75, 3.05) is 18.8 Å². The number of piperidine rings is 1. The fourth-order valence-corrected chi connectivity index (χ4v) is 5.05. The van der Waals surface area contributed by atoms with Gasteiger partial charge in [0.25, 0.3) is 0 Å². The highest BCUT2D eigenvalue weighted by atomic mass is 32.1. The van der Waals surface area contributed by atoms with E-state index in [1.807, 2.05) is 4.90 Å². The van der Waals surface area contributed by atoms with E-state index in [-0.39, 0.29) is 0 Å². The van der Waals surface area contributed by atoms with E-state index in [4.69, 9.17) is 10.7 Å². The van der Waals surface area contributed by atoms with E-state index >= 15 is 0 Å². The van der Waals surface area contributed by atoms with E-state index in [0.717, 1.165) is 23.1 Å². The molecule has 0 unspecified atom stereocenters. The maximum Gasteiger partial charge on any atom is 0.146 e. The second kappa shape index (κ2) is 5.98. The zero-order valence-electron chi connectivity index (χ0n) is 13.0. The Morgan fingerprint density at radius 3 is 2.65 bits per heavy atom. The molecule has 1 aliphatic carbocycles. The smallest absolute Gasteiger partial charge is 0.146 e. The number of aromatic nitrogens is 2. The first-order chi connectivity index (χ1) is 11.1. The number of aliphatic hydroxyl groups is 2. The van der Waals surface area contributed by atoms with Gasteiger partial charge in [0.05, 0.1) is 24.1 Å². The summed E-state index contributed by atoms with van der Waals surface area (Å²) in [5.41, 5.74) is 7.57. The van der Waals surface area contributed by atoms with Crippen LogP contribution in [0, 0.1) is 0 Å². The van der Waals surface area contributed by atoms with Crippen molar-refractivity contribution < 1.29 is 10.2 Å². The largest absolute Gasteiger partial charge is 0.392 e. The van der Waals surface area contributed by atoms with E-state index in [2.05, 4.69) is 4.98 Å². The van der Waals surface area contributed by atoms with Crippen molar-refractivity contribution in [3.63, 3.8) is 0 Å². The molecular weight excluding hydrogens is 312 g/mol. The number of nitrogens with two attached hydrogens (primary N) is 1. The molecule has 0 amide bonds. The van der Waals surface area contributed by atoms with E-state index in [9.17, 15) is 10.2 Å². The summed E-state index contributed by atoms with van der Waals surface area (Å²) in [6.07, 6.45) is 4.11. The van der Waals surface area contributed by atoms with Crippen LogP contribution < -0.4 is 5.73 Å². The molecule has 1 saturated heterocycles. The van der Waals surface area contributed by atoms with Crippen molar-refractivity contribution in [2.24, 2.45) is 0 Å². The number of likely N-dealkylation sites (tertiary alicyclic amines) is 1. The fraction of sp³-hybridized carbons (Fsp3) is 0.625. The fourth-order valence-electron chi connectivity index (χ4n) is 3.77. The molecule has 0 bridgehead atoms. The Labute approximate surface area is 139 Å². The highest BCUT2D eigenvalue weighted by Crippen LogP contribution is 2.37. The SMILES string of the molecule is Nc1nc(CN2C[C@H](O)C[C@@H](O)C2)nc2sc3c(c12)CCCC3. The monoisotopic (exact) mass is 334 g/mol. The molecule has 0 aromatic carbocycles. The predicted molar refractivity (Wildman–Crippen MR) is 90.4 cm³/mol. The first-order valence-corrected chi connectivity index (χ1v) is 9.07. The summed E-state index contributed by atoms with van der Waals surface area (Å²) in [5.74, 6) is 1.25. The van der Waals surface area contributed by atoms with Gasteiger partial charge >= 0.3 is 0 Å². The molecule has 2 aromatic rings. The van der Waals surface area contributed by atoms with Gasteiger partial charge in [0.2, 0.25) is 0 Å². The Bertz CT molecular complexity index is 722. The van der Waals surface area contributed by atoms with Crippen LogP contribution in [0.25, 0.3) is 10.2 Å². The lowest BCUT2D eigenvalue weighted by atomic mass is 9.97. The van der Waals surface area contributed by atoms with Crippen molar-refractivity contribution in [1.29, 1.82) is 0 Å². The van der Waals surface area contributed by atoms with E-state index < -0.39 is 12.2 Å². The number of hydrogen-bond acceptors (Lipinski definition) is 7. The number of β-amino-alcohol motifs (C(OH)–C–C–N with tert-alkyl or cyclic N) is 2. The minimum absolute atomic E-state index is 0.441. The van der Waals surface area contributed by atoms with Crippen LogP contribution in [0.2, 0.25) is 0 Å². The van der Waals surface area contributed by atoms with Gasteiger partial charge in [-0.15, -0.1) is 11.3 Å². The lowest BCUT2D eigenvalue weighted by Crippen LogP contribution is -2.45. The normalized spacial score (nSPS) is 25.7. The molecule has 7 heteroatoms. The van der Waals surface area contributed by atoms with Crippen LogP contribution in [0.5, 0.6) is 0 Å². The molecule has 124 valence electrons. The molecule has 23 heavy (non-hydrogen) atoms. The number of thiophene rings is 1. The molecule has 0 radical (unpaired) electrons. The first-order valence-electron chi connectivity index (χ1n) is 8.25. The van der Waals surface area contributed by atoms with Crippen molar-refractivity contribution in [3.05, 3.63) is 16.3 Å². The van der Waals surface area contributed by atoms with Crippen LogP contribution in [0.1, 0.15) is 35.5 Å². The third-order valence-corrected chi connectivity index (χ3v) is 5.92.